The first-order chi connectivity index (χ1) is 4.33. The van der Waals surface area contributed by atoms with Crippen LogP contribution in [-0.2, 0) is 9.36 Å². The Hall–Kier alpha value is -0.0500. The van der Waals surface area contributed by atoms with Crippen molar-refractivity contribution >= 4 is 25.5 Å². The van der Waals surface area contributed by atoms with Crippen molar-refractivity contribution in [3.63, 3.8) is 0 Å². The maximum atomic E-state index is 11.0. The number of carboxylic acid groups (broad SMARTS) is 1. The van der Waals surface area contributed by atoms with Gasteiger partial charge in [0, 0.05) is 6.16 Å². The summed E-state index contributed by atoms with van der Waals surface area (Å²) in [6.07, 6.45) is 0.0718. The summed E-state index contributed by atoms with van der Waals surface area (Å²) in [5.41, 5.74) is 5.13. The Balaban J connectivity index is 0. The molecule has 1 atom stereocenters. The molecule has 3 N–H and O–H groups in total. The van der Waals surface area contributed by atoms with Gasteiger partial charge < -0.3 is 15.4 Å². The minimum absolute atomic E-state index is 0. The van der Waals surface area contributed by atoms with Gasteiger partial charge in [-0.1, -0.05) is 0 Å². The number of hydrogen-bond donors (Lipinski definition) is 2. The molecule has 0 saturated heterocycles. The van der Waals surface area contributed by atoms with E-state index < -0.39 is 19.2 Å². The van der Waals surface area contributed by atoms with E-state index in [2.05, 4.69) is 0 Å². The summed E-state index contributed by atoms with van der Waals surface area (Å²) in [6.45, 7) is 3.05. The van der Waals surface area contributed by atoms with Crippen LogP contribution in [0.5, 0.6) is 0 Å². The molecule has 0 heterocycles. The normalized spacial score (nSPS) is 13.4. The van der Waals surface area contributed by atoms with Crippen molar-refractivity contribution in [3.05, 3.63) is 0 Å². The molecule has 4 nitrogen and oxygen atoms in total. The van der Waals surface area contributed by atoms with Crippen molar-refractivity contribution in [2.24, 2.45) is 5.73 Å². The third-order valence-electron chi connectivity index (χ3n) is 0.954. The number of carboxylic acids is 1. The highest BCUT2D eigenvalue weighted by Crippen LogP contribution is 2.35. The van der Waals surface area contributed by atoms with E-state index in [1.165, 1.54) is 13.3 Å². The Morgan fingerprint density at radius 2 is 2.00 bits per heavy atom. The Kier molecular flexibility index (Phi) is 5.85. The fourth-order valence-electron chi connectivity index (χ4n) is 0.552. The molecular formula is C5H13ClNO3P. The number of nitrogens with two attached hydrogens (primary N) is 1. The molecule has 0 aromatic rings. The SMILES string of the molecule is CP(C)(=O)CC(N)C(=O)O.Cl. The monoisotopic (exact) mass is 201 g/mol. The summed E-state index contributed by atoms with van der Waals surface area (Å²) in [7, 11) is -2.28. The smallest absolute Gasteiger partial charge is 0.320 e. The van der Waals surface area contributed by atoms with Gasteiger partial charge in [0.15, 0.2) is 0 Å². The van der Waals surface area contributed by atoms with Crippen LogP contribution < -0.4 is 5.73 Å². The van der Waals surface area contributed by atoms with Crippen LogP contribution in [0.3, 0.4) is 0 Å². The molecule has 0 aromatic heterocycles. The highest BCUT2D eigenvalue weighted by molar-refractivity contribution is 7.62. The van der Waals surface area contributed by atoms with Crippen LogP contribution >= 0.6 is 19.5 Å². The lowest BCUT2D eigenvalue weighted by Gasteiger charge is -2.09. The van der Waals surface area contributed by atoms with Crippen LogP contribution in [0.4, 0.5) is 0 Å². The molecule has 0 rings (SSSR count). The molecule has 0 aliphatic rings. The molecule has 0 saturated carbocycles. The molecule has 0 aliphatic carbocycles. The van der Waals surface area contributed by atoms with Crippen molar-refractivity contribution in [3.8, 4) is 0 Å². The Morgan fingerprint density at radius 1 is 1.64 bits per heavy atom. The van der Waals surface area contributed by atoms with Gasteiger partial charge in [-0.05, 0) is 13.3 Å². The summed E-state index contributed by atoms with van der Waals surface area (Å²) in [6, 6.07) is -0.985. The van der Waals surface area contributed by atoms with Crippen molar-refractivity contribution in [1.29, 1.82) is 0 Å². The van der Waals surface area contributed by atoms with Gasteiger partial charge >= 0.3 is 5.97 Å². The van der Waals surface area contributed by atoms with E-state index in [1.54, 1.807) is 0 Å². The molecule has 11 heavy (non-hydrogen) atoms. The lowest BCUT2D eigenvalue weighted by atomic mass is 10.4. The van der Waals surface area contributed by atoms with E-state index in [0.29, 0.717) is 0 Å². The van der Waals surface area contributed by atoms with Gasteiger partial charge in [0.2, 0.25) is 0 Å². The van der Waals surface area contributed by atoms with Gasteiger partial charge in [0.05, 0.1) is 7.14 Å². The first-order valence-electron chi connectivity index (χ1n) is 2.85. The third kappa shape index (κ3) is 7.85. The number of carbonyl (C=O) groups is 1. The number of rotatable bonds is 3. The molecule has 0 aliphatic heterocycles. The predicted molar refractivity (Wildman–Crippen MR) is 47.2 cm³/mol. The lowest BCUT2D eigenvalue weighted by molar-refractivity contribution is -0.137. The summed E-state index contributed by atoms with van der Waals surface area (Å²) in [4.78, 5) is 10.1. The van der Waals surface area contributed by atoms with Crippen LogP contribution in [0.15, 0.2) is 0 Å². The maximum Gasteiger partial charge on any atom is 0.320 e. The van der Waals surface area contributed by atoms with E-state index in [4.69, 9.17) is 10.8 Å². The van der Waals surface area contributed by atoms with Gasteiger partial charge in [0.25, 0.3) is 0 Å². The zero-order valence-corrected chi connectivity index (χ0v) is 8.19. The number of halogens is 1. The van der Waals surface area contributed by atoms with Gasteiger partial charge in [-0.2, -0.15) is 0 Å². The maximum absolute atomic E-state index is 11.0. The molecule has 0 aromatic carbocycles. The molecule has 6 heteroatoms. The van der Waals surface area contributed by atoms with Crippen molar-refractivity contribution in [2.45, 2.75) is 6.04 Å². The van der Waals surface area contributed by atoms with Crippen molar-refractivity contribution < 1.29 is 14.5 Å². The minimum atomic E-state index is -2.28. The summed E-state index contributed by atoms with van der Waals surface area (Å²) < 4.78 is 11.0. The molecule has 1 unspecified atom stereocenters. The van der Waals surface area contributed by atoms with Crippen LogP contribution in [0, 0.1) is 0 Å². The van der Waals surface area contributed by atoms with Gasteiger partial charge in [-0.25, -0.2) is 0 Å². The van der Waals surface area contributed by atoms with E-state index in [1.807, 2.05) is 0 Å². The number of hydrogen-bond acceptors (Lipinski definition) is 3. The zero-order valence-electron chi connectivity index (χ0n) is 6.48. The summed E-state index contributed by atoms with van der Waals surface area (Å²) >= 11 is 0. The summed E-state index contributed by atoms with van der Waals surface area (Å²) in [5, 5.41) is 8.30. The quantitative estimate of drug-likeness (QED) is 0.650. The second-order valence-electron chi connectivity index (χ2n) is 2.70. The highest BCUT2D eigenvalue weighted by Gasteiger charge is 2.18. The minimum Gasteiger partial charge on any atom is -0.480 e. The Morgan fingerprint density at radius 3 is 2.09 bits per heavy atom. The Bertz CT molecular complexity index is 179. The molecule has 0 fully saturated rings. The standard InChI is InChI=1S/C5H12NO3P.ClH/c1-10(2,9)3-4(6)5(7)8;/h4H,3,6H2,1-2H3,(H,7,8);1H. The van der Waals surface area contributed by atoms with E-state index >= 15 is 0 Å². The van der Waals surface area contributed by atoms with E-state index in [9.17, 15) is 9.36 Å². The zero-order chi connectivity index (χ0) is 8.36. The Labute approximate surface area is 71.9 Å². The van der Waals surface area contributed by atoms with E-state index in [-0.39, 0.29) is 18.6 Å². The van der Waals surface area contributed by atoms with Crippen molar-refractivity contribution in [2.75, 3.05) is 19.5 Å². The second-order valence-corrected chi connectivity index (χ2v) is 6.21. The first-order valence-corrected chi connectivity index (χ1v) is 5.64. The fourth-order valence-corrected chi connectivity index (χ4v) is 1.66. The average molecular weight is 202 g/mol. The summed E-state index contributed by atoms with van der Waals surface area (Å²) in [5.74, 6) is -1.09. The lowest BCUT2D eigenvalue weighted by Crippen LogP contribution is -2.33. The van der Waals surface area contributed by atoms with Crippen LogP contribution in [0.2, 0.25) is 0 Å². The highest BCUT2D eigenvalue weighted by atomic mass is 35.5. The second kappa shape index (κ2) is 4.75. The van der Waals surface area contributed by atoms with Crippen LogP contribution in [0.1, 0.15) is 0 Å². The third-order valence-corrected chi connectivity index (χ3v) is 2.23. The van der Waals surface area contributed by atoms with Crippen LogP contribution in [-0.4, -0.2) is 36.6 Å². The van der Waals surface area contributed by atoms with Gasteiger partial charge in [-0.3, -0.25) is 4.79 Å². The van der Waals surface area contributed by atoms with Crippen molar-refractivity contribution in [1.82, 2.24) is 0 Å². The molecule has 0 bridgehead atoms. The van der Waals surface area contributed by atoms with E-state index in [0.717, 1.165) is 0 Å². The largest absolute Gasteiger partial charge is 0.480 e. The van der Waals surface area contributed by atoms with Gasteiger partial charge in [0.1, 0.15) is 6.04 Å². The first kappa shape index (κ1) is 13.5. The molecular weight excluding hydrogens is 188 g/mol. The topological polar surface area (TPSA) is 80.4 Å². The molecule has 0 radical (unpaired) electrons. The number of aliphatic carboxylic acids is 1. The van der Waals surface area contributed by atoms with Crippen LogP contribution in [0.25, 0.3) is 0 Å². The molecule has 0 amide bonds. The predicted octanol–water partition coefficient (Wildman–Crippen LogP) is 0.443. The molecule has 68 valence electrons. The molecule has 0 spiro atoms. The van der Waals surface area contributed by atoms with Gasteiger partial charge in [-0.15, -0.1) is 12.4 Å². The average Bonchev–Trinajstić information content (AvgIpc) is 1.60. The fraction of sp³-hybridized carbons (Fsp3) is 0.800.